The number of nitrogens with one attached hydrogen (secondary N) is 1. The predicted molar refractivity (Wildman–Crippen MR) is 67.2 cm³/mol. The van der Waals surface area contributed by atoms with Crippen LogP contribution in [-0.2, 0) is 4.79 Å². The van der Waals surface area contributed by atoms with Crippen LogP contribution in [0, 0.1) is 5.92 Å². The minimum absolute atomic E-state index is 0.0714. The molecule has 15 heavy (non-hydrogen) atoms. The lowest BCUT2D eigenvalue weighted by Crippen LogP contribution is -2.46. The van der Waals surface area contributed by atoms with E-state index in [9.17, 15) is 4.79 Å². The van der Waals surface area contributed by atoms with Crippen molar-refractivity contribution in [2.75, 3.05) is 5.33 Å². The molecule has 2 nitrogen and oxygen atoms in total. The van der Waals surface area contributed by atoms with E-state index in [-0.39, 0.29) is 17.4 Å². The van der Waals surface area contributed by atoms with E-state index in [4.69, 9.17) is 0 Å². The van der Waals surface area contributed by atoms with Gasteiger partial charge >= 0.3 is 0 Å². The molecule has 0 aromatic carbocycles. The molecule has 0 heterocycles. The van der Waals surface area contributed by atoms with Gasteiger partial charge < -0.3 is 5.32 Å². The fourth-order valence-electron chi connectivity index (χ4n) is 2.10. The predicted octanol–water partition coefficient (Wildman–Crippen LogP) is 3.25. The highest BCUT2D eigenvalue weighted by Crippen LogP contribution is 2.24. The molecule has 0 saturated heterocycles. The zero-order chi connectivity index (χ0) is 11.3. The molecule has 1 rings (SSSR count). The number of halogens is 1. The Balaban J connectivity index is 2.39. The third-order valence-electron chi connectivity index (χ3n) is 3.16. The molecule has 1 fully saturated rings. The Morgan fingerprint density at radius 1 is 1.33 bits per heavy atom. The van der Waals surface area contributed by atoms with Crippen molar-refractivity contribution in [3.05, 3.63) is 0 Å². The van der Waals surface area contributed by atoms with Crippen molar-refractivity contribution in [3.8, 4) is 0 Å². The Labute approximate surface area is 101 Å². The molecule has 88 valence electrons. The van der Waals surface area contributed by atoms with Gasteiger partial charge in [-0.05, 0) is 33.1 Å². The summed E-state index contributed by atoms with van der Waals surface area (Å²) in [6, 6.07) is 0. The standard InChI is InChI=1S/C12H22BrNO/c1-12(2,8-9-13)14-11(15)10-6-4-3-5-7-10/h10H,3-9H2,1-2H3,(H,14,15). The quantitative estimate of drug-likeness (QED) is 0.785. The summed E-state index contributed by atoms with van der Waals surface area (Å²) in [7, 11) is 0. The molecule has 0 spiro atoms. The third kappa shape index (κ3) is 4.54. The molecule has 1 aliphatic rings. The van der Waals surface area contributed by atoms with E-state index in [0.29, 0.717) is 0 Å². The van der Waals surface area contributed by atoms with Crippen molar-refractivity contribution in [1.82, 2.24) is 5.32 Å². The fraction of sp³-hybridized carbons (Fsp3) is 0.917. The van der Waals surface area contributed by atoms with Gasteiger partial charge in [-0.1, -0.05) is 35.2 Å². The van der Waals surface area contributed by atoms with Crippen LogP contribution in [0.15, 0.2) is 0 Å². The maximum absolute atomic E-state index is 12.0. The van der Waals surface area contributed by atoms with E-state index in [1.54, 1.807) is 0 Å². The first-order chi connectivity index (χ1) is 7.05. The molecule has 0 radical (unpaired) electrons. The second kappa shape index (κ2) is 5.88. The first kappa shape index (κ1) is 13.0. The number of carbonyl (C=O) groups excluding carboxylic acids is 1. The fourth-order valence-corrected chi connectivity index (χ4v) is 3.09. The van der Waals surface area contributed by atoms with Gasteiger partial charge in [0.15, 0.2) is 0 Å². The second-order valence-electron chi connectivity index (χ2n) is 5.15. The molecule has 1 saturated carbocycles. The maximum atomic E-state index is 12.0. The monoisotopic (exact) mass is 275 g/mol. The van der Waals surface area contributed by atoms with E-state index in [0.717, 1.165) is 24.6 Å². The average Bonchev–Trinajstić information content (AvgIpc) is 2.18. The van der Waals surface area contributed by atoms with Crippen molar-refractivity contribution in [2.24, 2.45) is 5.92 Å². The Bertz CT molecular complexity index is 210. The topological polar surface area (TPSA) is 29.1 Å². The van der Waals surface area contributed by atoms with Crippen LogP contribution >= 0.6 is 15.9 Å². The Morgan fingerprint density at radius 2 is 1.93 bits per heavy atom. The second-order valence-corrected chi connectivity index (χ2v) is 5.94. The molecule has 0 aromatic rings. The first-order valence-electron chi connectivity index (χ1n) is 5.93. The van der Waals surface area contributed by atoms with Gasteiger partial charge in [0.05, 0.1) is 0 Å². The maximum Gasteiger partial charge on any atom is 0.223 e. The molecule has 3 heteroatoms. The van der Waals surface area contributed by atoms with Crippen LogP contribution in [-0.4, -0.2) is 16.8 Å². The molecule has 1 amide bonds. The summed E-state index contributed by atoms with van der Waals surface area (Å²) in [6.45, 7) is 4.18. The summed E-state index contributed by atoms with van der Waals surface area (Å²) < 4.78 is 0. The lowest BCUT2D eigenvalue weighted by Gasteiger charge is -2.29. The summed E-state index contributed by atoms with van der Waals surface area (Å²) in [4.78, 5) is 12.0. The van der Waals surface area contributed by atoms with Gasteiger partial charge in [-0.25, -0.2) is 0 Å². The van der Waals surface area contributed by atoms with Gasteiger partial charge in [0.2, 0.25) is 5.91 Å². The van der Waals surface area contributed by atoms with E-state index >= 15 is 0 Å². The van der Waals surface area contributed by atoms with E-state index in [1.807, 2.05) is 0 Å². The van der Waals surface area contributed by atoms with Crippen LogP contribution in [0.4, 0.5) is 0 Å². The Morgan fingerprint density at radius 3 is 2.47 bits per heavy atom. The van der Waals surface area contributed by atoms with Gasteiger partial charge in [-0.2, -0.15) is 0 Å². The highest BCUT2D eigenvalue weighted by Gasteiger charge is 2.26. The molecular formula is C12H22BrNO. The van der Waals surface area contributed by atoms with Gasteiger partial charge in [-0.15, -0.1) is 0 Å². The number of alkyl halides is 1. The highest BCUT2D eigenvalue weighted by atomic mass is 79.9. The van der Waals surface area contributed by atoms with Crippen molar-refractivity contribution >= 4 is 21.8 Å². The van der Waals surface area contributed by atoms with Crippen LogP contribution in [0.2, 0.25) is 0 Å². The van der Waals surface area contributed by atoms with Crippen molar-refractivity contribution in [2.45, 2.75) is 57.9 Å². The van der Waals surface area contributed by atoms with Gasteiger partial charge in [-0.3, -0.25) is 4.79 Å². The minimum Gasteiger partial charge on any atom is -0.351 e. The van der Waals surface area contributed by atoms with Crippen molar-refractivity contribution < 1.29 is 4.79 Å². The van der Waals surface area contributed by atoms with E-state index < -0.39 is 0 Å². The van der Waals surface area contributed by atoms with E-state index in [2.05, 4.69) is 35.1 Å². The zero-order valence-electron chi connectivity index (χ0n) is 9.81. The highest BCUT2D eigenvalue weighted by molar-refractivity contribution is 9.09. The van der Waals surface area contributed by atoms with Crippen LogP contribution in [0.5, 0.6) is 0 Å². The lowest BCUT2D eigenvalue weighted by atomic mass is 9.87. The Kier molecular flexibility index (Phi) is 5.10. The zero-order valence-corrected chi connectivity index (χ0v) is 11.4. The van der Waals surface area contributed by atoms with Gasteiger partial charge in [0, 0.05) is 16.8 Å². The molecule has 0 atom stereocenters. The number of carbonyl (C=O) groups is 1. The first-order valence-corrected chi connectivity index (χ1v) is 7.05. The van der Waals surface area contributed by atoms with Crippen molar-refractivity contribution in [3.63, 3.8) is 0 Å². The Hall–Kier alpha value is -0.0500. The number of hydrogen-bond donors (Lipinski definition) is 1. The van der Waals surface area contributed by atoms with E-state index in [1.165, 1.54) is 19.3 Å². The summed E-state index contributed by atoms with van der Waals surface area (Å²) in [6.07, 6.45) is 6.88. The van der Waals surface area contributed by atoms with Gasteiger partial charge in [0.25, 0.3) is 0 Å². The van der Waals surface area contributed by atoms with Crippen LogP contribution in [0.1, 0.15) is 52.4 Å². The molecule has 0 aromatic heterocycles. The normalized spacial score (nSPS) is 18.9. The lowest BCUT2D eigenvalue weighted by molar-refractivity contribution is -0.127. The SMILES string of the molecule is CC(C)(CCBr)NC(=O)C1CCCCC1. The van der Waals surface area contributed by atoms with Gasteiger partial charge in [0.1, 0.15) is 0 Å². The molecule has 1 aliphatic carbocycles. The van der Waals surface area contributed by atoms with Crippen LogP contribution < -0.4 is 5.32 Å². The molecule has 1 N–H and O–H groups in total. The average molecular weight is 276 g/mol. The minimum atomic E-state index is -0.0714. The summed E-state index contributed by atoms with van der Waals surface area (Å²) in [5.41, 5.74) is -0.0714. The molecule has 0 unspecified atom stereocenters. The van der Waals surface area contributed by atoms with Crippen LogP contribution in [0.3, 0.4) is 0 Å². The molecule has 0 bridgehead atoms. The molecule has 0 aliphatic heterocycles. The summed E-state index contributed by atoms with van der Waals surface area (Å²) in [5, 5.41) is 4.09. The van der Waals surface area contributed by atoms with Crippen molar-refractivity contribution in [1.29, 1.82) is 0 Å². The third-order valence-corrected chi connectivity index (χ3v) is 3.55. The molecular weight excluding hydrogens is 254 g/mol. The van der Waals surface area contributed by atoms with Crippen LogP contribution in [0.25, 0.3) is 0 Å². The number of rotatable bonds is 4. The summed E-state index contributed by atoms with van der Waals surface area (Å²) in [5.74, 6) is 0.536. The summed E-state index contributed by atoms with van der Waals surface area (Å²) >= 11 is 3.42. The smallest absolute Gasteiger partial charge is 0.223 e. The largest absolute Gasteiger partial charge is 0.351 e. The number of amides is 1. The number of hydrogen-bond acceptors (Lipinski definition) is 1.